The molecule has 1 aliphatic rings. The molecule has 6 nitrogen and oxygen atoms in total. The summed E-state index contributed by atoms with van der Waals surface area (Å²) in [7, 11) is 0. The lowest BCUT2D eigenvalue weighted by Crippen LogP contribution is -2.43. The molecule has 0 saturated heterocycles. The molecule has 1 aromatic heterocycles. The Hall–Kier alpha value is -3.38. The lowest BCUT2D eigenvalue weighted by atomic mass is 9.98. The van der Waals surface area contributed by atoms with Crippen molar-refractivity contribution in [3.63, 3.8) is 0 Å². The first-order valence-corrected chi connectivity index (χ1v) is 10.1. The van der Waals surface area contributed by atoms with Crippen LogP contribution in [0.2, 0.25) is 0 Å². The second-order valence-corrected chi connectivity index (χ2v) is 7.55. The smallest absolute Gasteiger partial charge is 0.313 e. The first kappa shape index (κ1) is 19.9. The fourth-order valence-electron chi connectivity index (χ4n) is 3.77. The van der Waals surface area contributed by atoms with Crippen LogP contribution in [-0.4, -0.2) is 29.8 Å². The van der Waals surface area contributed by atoms with Gasteiger partial charge in [-0.2, -0.15) is 0 Å². The molecule has 0 fully saturated rings. The molecule has 1 atom stereocenters. The highest BCUT2D eigenvalue weighted by Crippen LogP contribution is 2.27. The molecule has 0 bridgehead atoms. The van der Waals surface area contributed by atoms with Crippen molar-refractivity contribution in [1.29, 1.82) is 0 Å². The van der Waals surface area contributed by atoms with Crippen LogP contribution in [0.25, 0.3) is 0 Å². The standard InChI is InChI=1S/C24H25N3O3/c1-17-8-10-20(11-9-17)26-24(29)23(28)25-15-21(22-7-4-14-30-22)27-13-12-18-5-2-3-6-19(18)16-27/h2-11,14,21H,12-13,15-16H2,1H3,(H,25,28)(H,26,29). The first-order chi connectivity index (χ1) is 14.6. The first-order valence-electron chi connectivity index (χ1n) is 10.1. The highest BCUT2D eigenvalue weighted by Gasteiger charge is 2.27. The van der Waals surface area contributed by atoms with Crippen molar-refractivity contribution >= 4 is 17.5 Å². The Morgan fingerprint density at radius 3 is 2.50 bits per heavy atom. The summed E-state index contributed by atoms with van der Waals surface area (Å²) < 4.78 is 5.64. The van der Waals surface area contributed by atoms with E-state index in [4.69, 9.17) is 4.42 Å². The van der Waals surface area contributed by atoms with Gasteiger partial charge in [-0.25, -0.2) is 0 Å². The van der Waals surface area contributed by atoms with Crippen molar-refractivity contribution in [2.45, 2.75) is 25.9 Å². The molecule has 2 aromatic carbocycles. The van der Waals surface area contributed by atoms with Gasteiger partial charge in [0.05, 0.1) is 12.3 Å². The molecule has 0 spiro atoms. The third kappa shape index (κ3) is 4.60. The fourth-order valence-corrected chi connectivity index (χ4v) is 3.77. The largest absolute Gasteiger partial charge is 0.468 e. The molecule has 0 saturated carbocycles. The predicted molar refractivity (Wildman–Crippen MR) is 115 cm³/mol. The molecule has 30 heavy (non-hydrogen) atoms. The number of anilines is 1. The van der Waals surface area contributed by atoms with Crippen LogP contribution in [0.5, 0.6) is 0 Å². The average molecular weight is 403 g/mol. The Bertz CT molecular complexity index is 1010. The van der Waals surface area contributed by atoms with Crippen molar-refractivity contribution in [1.82, 2.24) is 10.2 Å². The van der Waals surface area contributed by atoms with Gasteiger partial charge < -0.3 is 15.1 Å². The topological polar surface area (TPSA) is 74.6 Å². The summed E-state index contributed by atoms with van der Waals surface area (Å²) in [4.78, 5) is 27.0. The molecule has 6 heteroatoms. The maximum atomic E-state index is 12.4. The van der Waals surface area contributed by atoms with E-state index >= 15 is 0 Å². The lowest BCUT2D eigenvalue weighted by molar-refractivity contribution is -0.136. The minimum Gasteiger partial charge on any atom is -0.468 e. The number of nitrogens with zero attached hydrogens (tertiary/aromatic N) is 1. The van der Waals surface area contributed by atoms with E-state index in [1.165, 1.54) is 11.1 Å². The van der Waals surface area contributed by atoms with Gasteiger partial charge in [0.15, 0.2) is 0 Å². The number of hydrogen-bond donors (Lipinski definition) is 2. The third-order valence-corrected chi connectivity index (χ3v) is 5.44. The van der Waals surface area contributed by atoms with Gasteiger partial charge in [-0.1, -0.05) is 42.0 Å². The molecule has 0 radical (unpaired) electrons. The highest BCUT2D eigenvalue weighted by molar-refractivity contribution is 6.39. The van der Waals surface area contributed by atoms with E-state index in [1.54, 1.807) is 18.4 Å². The van der Waals surface area contributed by atoms with E-state index < -0.39 is 11.8 Å². The molecule has 2 amide bonds. The average Bonchev–Trinajstić information content (AvgIpc) is 3.30. The summed E-state index contributed by atoms with van der Waals surface area (Å²) in [5.74, 6) is -0.570. The minimum atomic E-state index is -0.680. The van der Waals surface area contributed by atoms with Gasteiger partial charge in [0.2, 0.25) is 0 Å². The monoisotopic (exact) mass is 403 g/mol. The molecule has 1 aliphatic heterocycles. The van der Waals surface area contributed by atoms with Gasteiger partial charge in [-0.15, -0.1) is 0 Å². The van der Waals surface area contributed by atoms with Crippen molar-refractivity contribution in [2.75, 3.05) is 18.4 Å². The van der Waals surface area contributed by atoms with Crippen molar-refractivity contribution in [3.05, 3.63) is 89.4 Å². The Labute approximate surface area is 175 Å². The molecule has 154 valence electrons. The van der Waals surface area contributed by atoms with Crippen LogP contribution in [0, 0.1) is 6.92 Å². The third-order valence-electron chi connectivity index (χ3n) is 5.44. The van der Waals surface area contributed by atoms with Crippen LogP contribution in [0.15, 0.2) is 71.3 Å². The molecule has 2 heterocycles. The molecule has 0 aliphatic carbocycles. The van der Waals surface area contributed by atoms with Crippen molar-refractivity contribution in [3.8, 4) is 0 Å². The number of amides is 2. The van der Waals surface area contributed by atoms with E-state index in [9.17, 15) is 9.59 Å². The summed E-state index contributed by atoms with van der Waals surface area (Å²) in [5, 5.41) is 5.40. The zero-order valence-electron chi connectivity index (χ0n) is 16.9. The Balaban J connectivity index is 1.41. The predicted octanol–water partition coefficient (Wildman–Crippen LogP) is 3.44. The number of hydrogen-bond acceptors (Lipinski definition) is 4. The van der Waals surface area contributed by atoms with Crippen molar-refractivity contribution < 1.29 is 14.0 Å². The van der Waals surface area contributed by atoms with E-state index in [0.717, 1.165) is 30.8 Å². The second-order valence-electron chi connectivity index (χ2n) is 7.55. The van der Waals surface area contributed by atoms with E-state index in [1.807, 2.05) is 37.3 Å². The summed E-state index contributed by atoms with van der Waals surface area (Å²) in [6.07, 6.45) is 2.57. The number of benzene rings is 2. The number of fused-ring (bicyclic) bond motifs is 1. The molecule has 2 N–H and O–H groups in total. The fraction of sp³-hybridized carbons (Fsp3) is 0.250. The summed E-state index contributed by atoms with van der Waals surface area (Å²) in [6, 6.07) is 19.3. The minimum absolute atomic E-state index is 0.149. The molecular weight excluding hydrogens is 378 g/mol. The van der Waals surface area contributed by atoms with Crippen LogP contribution in [0.4, 0.5) is 5.69 Å². The van der Waals surface area contributed by atoms with Crippen molar-refractivity contribution in [2.24, 2.45) is 0 Å². The number of carbonyl (C=O) groups excluding carboxylic acids is 2. The van der Waals surface area contributed by atoms with Crippen LogP contribution in [0.1, 0.15) is 28.5 Å². The van der Waals surface area contributed by atoms with Crippen LogP contribution < -0.4 is 10.6 Å². The number of carbonyl (C=O) groups is 2. The van der Waals surface area contributed by atoms with E-state index in [0.29, 0.717) is 5.69 Å². The molecule has 4 rings (SSSR count). The summed E-state index contributed by atoms with van der Waals surface area (Å²) >= 11 is 0. The number of aryl methyl sites for hydroxylation is 1. The van der Waals surface area contributed by atoms with E-state index in [-0.39, 0.29) is 12.6 Å². The van der Waals surface area contributed by atoms with Gasteiger partial charge in [0, 0.05) is 25.3 Å². The second kappa shape index (κ2) is 8.97. The highest BCUT2D eigenvalue weighted by atomic mass is 16.3. The lowest BCUT2D eigenvalue weighted by Gasteiger charge is -2.34. The summed E-state index contributed by atoms with van der Waals surface area (Å²) in [6.45, 7) is 3.88. The van der Waals surface area contributed by atoms with Gasteiger partial charge >= 0.3 is 11.8 Å². The van der Waals surface area contributed by atoms with Gasteiger partial charge in [-0.05, 0) is 48.7 Å². The normalized spacial score (nSPS) is 14.6. The molecule has 1 unspecified atom stereocenters. The Kier molecular flexibility index (Phi) is 5.95. The van der Waals surface area contributed by atoms with Gasteiger partial charge in [-0.3, -0.25) is 14.5 Å². The van der Waals surface area contributed by atoms with Gasteiger partial charge in [0.1, 0.15) is 5.76 Å². The number of furan rings is 1. The number of nitrogens with one attached hydrogen (secondary N) is 2. The maximum absolute atomic E-state index is 12.4. The zero-order valence-corrected chi connectivity index (χ0v) is 16.9. The summed E-state index contributed by atoms with van der Waals surface area (Å²) in [5.41, 5.74) is 4.31. The van der Waals surface area contributed by atoms with Gasteiger partial charge in [0.25, 0.3) is 0 Å². The molecule has 3 aromatic rings. The Morgan fingerprint density at radius 2 is 1.77 bits per heavy atom. The molecular formula is C24H25N3O3. The quantitative estimate of drug-likeness (QED) is 0.640. The number of rotatable bonds is 5. The zero-order chi connectivity index (χ0) is 20.9. The Morgan fingerprint density at radius 1 is 1.00 bits per heavy atom. The van der Waals surface area contributed by atoms with Crippen LogP contribution in [-0.2, 0) is 22.6 Å². The van der Waals surface area contributed by atoms with Crippen LogP contribution in [0.3, 0.4) is 0 Å². The maximum Gasteiger partial charge on any atom is 0.313 e. The van der Waals surface area contributed by atoms with E-state index in [2.05, 4.69) is 33.7 Å². The van der Waals surface area contributed by atoms with Crippen LogP contribution >= 0.6 is 0 Å². The SMILES string of the molecule is Cc1ccc(NC(=O)C(=O)NCC(c2ccco2)N2CCc3ccccc3C2)cc1.